The van der Waals surface area contributed by atoms with Crippen LogP contribution in [0.2, 0.25) is 0 Å². The Morgan fingerprint density at radius 1 is 1.20 bits per heavy atom. The van der Waals surface area contributed by atoms with Gasteiger partial charge in [-0.05, 0) is 7.05 Å². The molecule has 15 heavy (non-hydrogen) atoms. The Morgan fingerprint density at radius 2 is 1.73 bits per heavy atom. The van der Waals surface area contributed by atoms with E-state index in [-0.39, 0.29) is 11.8 Å². The molecule has 0 rings (SSSR count). The highest BCUT2D eigenvalue weighted by molar-refractivity contribution is 5.77. The second-order valence-electron chi connectivity index (χ2n) is 3.16. The molecule has 0 aliphatic rings. The van der Waals surface area contributed by atoms with Gasteiger partial charge in [-0.25, -0.2) is 0 Å². The average Bonchev–Trinajstić information content (AvgIpc) is 2.25. The van der Waals surface area contributed by atoms with E-state index in [0.29, 0.717) is 19.8 Å². The second-order valence-corrected chi connectivity index (χ2v) is 3.16. The summed E-state index contributed by atoms with van der Waals surface area (Å²) in [5, 5.41) is 5.75. The summed E-state index contributed by atoms with van der Waals surface area (Å²) in [5.74, 6) is 0.134. The molecule has 92 valence electrons. The smallest absolute Gasteiger partial charge is 0.222 e. The molecule has 0 aromatic heterocycles. The van der Waals surface area contributed by atoms with E-state index in [9.17, 15) is 4.79 Å². The van der Waals surface area contributed by atoms with Gasteiger partial charge in [-0.2, -0.15) is 0 Å². The Labute approximate surface area is 93.8 Å². The second kappa shape index (κ2) is 13.4. The zero-order valence-electron chi connectivity index (χ0n) is 10.7. The van der Waals surface area contributed by atoms with Gasteiger partial charge in [0.25, 0.3) is 0 Å². The molecule has 0 fully saturated rings. The van der Waals surface area contributed by atoms with Crippen molar-refractivity contribution in [3.8, 4) is 0 Å². The van der Waals surface area contributed by atoms with Crippen LogP contribution in [0.5, 0.6) is 0 Å². The summed E-state index contributed by atoms with van der Waals surface area (Å²) in [6.07, 6.45) is 0. The number of likely N-dealkylation sites (N-methyl/N-ethyl adjacent to an activating group) is 1. The van der Waals surface area contributed by atoms with Crippen molar-refractivity contribution in [3.05, 3.63) is 0 Å². The van der Waals surface area contributed by atoms with Crippen LogP contribution in [0.4, 0.5) is 0 Å². The molecule has 2 N–H and O–H groups in total. The van der Waals surface area contributed by atoms with Crippen LogP contribution in [0.1, 0.15) is 27.7 Å². The Hall–Kier alpha value is -0.610. The first-order valence-electron chi connectivity index (χ1n) is 5.68. The van der Waals surface area contributed by atoms with Gasteiger partial charge in [-0.3, -0.25) is 4.79 Å². The van der Waals surface area contributed by atoms with Crippen LogP contribution in [0, 0.1) is 5.92 Å². The van der Waals surface area contributed by atoms with Gasteiger partial charge in [0, 0.05) is 19.0 Å². The fourth-order valence-electron chi connectivity index (χ4n) is 0.727. The van der Waals surface area contributed by atoms with Crippen molar-refractivity contribution < 1.29 is 9.53 Å². The molecule has 0 aromatic rings. The minimum Gasteiger partial charge on any atom is -0.378 e. The number of rotatable bonds is 7. The minimum absolute atomic E-state index is 0.0531. The van der Waals surface area contributed by atoms with Gasteiger partial charge in [0.05, 0.1) is 13.2 Å². The lowest BCUT2D eigenvalue weighted by molar-refractivity contribution is -0.124. The number of hydrogen-bond donors (Lipinski definition) is 2. The largest absolute Gasteiger partial charge is 0.378 e. The van der Waals surface area contributed by atoms with Gasteiger partial charge < -0.3 is 15.4 Å². The number of carbonyl (C=O) groups excluding carboxylic acids is 1. The zero-order chi connectivity index (χ0) is 12.1. The van der Waals surface area contributed by atoms with Crippen LogP contribution in [-0.4, -0.2) is 39.3 Å². The van der Waals surface area contributed by atoms with Gasteiger partial charge in [-0.1, -0.05) is 27.7 Å². The van der Waals surface area contributed by atoms with Crippen LogP contribution >= 0.6 is 0 Å². The lowest BCUT2D eigenvalue weighted by Gasteiger charge is -2.07. The first-order chi connectivity index (χ1) is 7.18. The van der Waals surface area contributed by atoms with E-state index < -0.39 is 0 Å². The first kappa shape index (κ1) is 16.8. The highest BCUT2D eigenvalue weighted by Crippen LogP contribution is 1.89. The lowest BCUT2D eigenvalue weighted by atomic mass is 10.2. The molecule has 0 unspecified atom stereocenters. The van der Waals surface area contributed by atoms with Gasteiger partial charge in [0.2, 0.25) is 5.91 Å². The van der Waals surface area contributed by atoms with E-state index in [1.54, 1.807) is 0 Å². The molecule has 0 bridgehead atoms. The van der Waals surface area contributed by atoms with E-state index in [1.165, 1.54) is 0 Å². The Kier molecular flexibility index (Phi) is 15.0. The number of amides is 1. The molecule has 0 aromatic carbocycles. The van der Waals surface area contributed by atoms with Crippen molar-refractivity contribution >= 4 is 5.91 Å². The summed E-state index contributed by atoms with van der Waals surface area (Å²) in [6.45, 7) is 10.5. The lowest BCUT2D eigenvalue weighted by Crippen LogP contribution is -2.31. The van der Waals surface area contributed by atoms with E-state index in [2.05, 4.69) is 10.6 Å². The molecule has 0 aliphatic heterocycles. The topological polar surface area (TPSA) is 50.4 Å². The fourth-order valence-corrected chi connectivity index (χ4v) is 0.727. The molecule has 0 saturated heterocycles. The summed E-state index contributed by atoms with van der Waals surface area (Å²) in [6, 6.07) is 0. The predicted octanol–water partition coefficient (Wildman–Crippen LogP) is 1.02. The number of ether oxygens (including phenoxy) is 1. The van der Waals surface area contributed by atoms with Gasteiger partial charge in [-0.15, -0.1) is 0 Å². The summed E-state index contributed by atoms with van der Waals surface area (Å²) >= 11 is 0. The van der Waals surface area contributed by atoms with Crippen LogP contribution in [0.15, 0.2) is 0 Å². The molecule has 4 nitrogen and oxygen atoms in total. The maximum Gasteiger partial charge on any atom is 0.222 e. The summed E-state index contributed by atoms with van der Waals surface area (Å²) < 4.78 is 5.23. The molecule has 0 spiro atoms. The van der Waals surface area contributed by atoms with Crippen LogP contribution in [0.25, 0.3) is 0 Å². The Balaban J connectivity index is 0. The molecule has 0 radical (unpaired) electrons. The third-order valence-electron chi connectivity index (χ3n) is 1.57. The SMILES string of the molecule is CC.CNCCOCCNC(=O)C(C)C. The summed E-state index contributed by atoms with van der Waals surface area (Å²) in [7, 11) is 1.88. The van der Waals surface area contributed by atoms with Crippen molar-refractivity contribution in [2.24, 2.45) is 5.92 Å². The molecule has 1 amide bonds. The quantitative estimate of drug-likeness (QED) is 0.627. The number of carbonyl (C=O) groups is 1. The van der Waals surface area contributed by atoms with E-state index in [1.807, 2.05) is 34.7 Å². The van der Waals surface area contributed by atoms with Crippen molar-refractivity contribution in [1.82, 2.24) is 10.6 Å². The minimum atomic E-state index is 0.0531. The van der Waals surface area contributed by atoms with E-state index in [4.69, 9.17) is 4.74 Å². The normalized spacial score (nSPS) is 9.47. The van der Waals surface area contributed by atoms with Gasteiger partial charge >= 0.3 is 0 Å². The molecular formula is C11H26N2O2. The number of nitrogens with one attached hydrogen (secondary N) is 2. The highest BCUT2D eigenvalue weighted by atomic mass is 16.5. The molecular weight excluding hydrogens is 192 g/mol. The van der Waals surface area contributed by atoms with Crippen LogP contribution in [0.3, 0.4) is 0 Å². The number of hydrogen-bond acceptors (Lipinski definition) is 3. The predicted molar refractivity (Wildman–Crippen MR) is 63.9 cm³/mol. The Morgan fingerprint density at radius 3 is 2.20 bits per heavy atom. The van der Waals surface area contributed by atoms with Crippen molar-refractivity contribution in [2.45, 2.75) is 27.7 Å². The first-order valence-corrected chi connectivity index (χ1v) is 5.68. The molecule has 0 atom stereocenters. The Bertz CT molecular complexity index is 139. The standard InChI is InChI=1S/C9H20N2O2.C2H6/c1-8(2)9(12)11-5-7-13-6-4-10-3;1-2/h8,10H,4-7H2,1-3H3,(H,11,12);1-2H3. The molecule has 0 aliphatic carbocycles. The van der Waals surface area contributed by atoms with Crippen molar-refractivity contribution in [2.75, 3.05) is 33.4 Å². The third kappa shape index (κ3) is 13.4. The molecule has 4 heteroatoms. The molecule has 0 heterocycles. The fraction of sp³-hybridized carbons (Fsp3) is 0.909. The summed E-state index contributed by atoms with van der Waals surface area (Å²) in [5.41, 5.74) is 0. The third-order valence-corrected chi connectivity index (χ3v) is 1.57. The van der Waals surface area contributed by atoms with Crippen LogP contribution in [-0.2, 0) is 9.53 Å². The van der Waals surface area contributed by atoms with Gasteiger partial charge in [0.15, 0.2) is 0 Å². The van der Waals surface area contributed by atoms with Crippen LogP contribution < -0.4 is 10.6 Å². The summed E-state index contributed by atoms with van der Waals surface area (Å²) in [4.78, 5) is 11.1. The van der Waals surface area contributed by atoms with Gasteiger partial charge in [0.1, 0.15) is 0 Å². The van der Waals surface area contributed by atoms with Crippen molar-refractivity contribution in [3.63, 3.8) is 0 Å². The zero-order valence-corrected chi connectivity index (χ0v) is 10.7. The van der Waals surface area contributed by atoms with E-state index in [0.717, 1.165) is 6.54 Å². The van der Waals surface area contributed by atoms with E-state index >= 15 is 0 Å². The molecule has 0 saturated carbocycles. The monoisotopic (exact) mass is 218 g/mol. The van der Waals surface area contributed by atoms with Crippen molar-refractivity contribution in [1.29, 1.82) is 0 Å². The maximum absolute atomic E-state index is 11.1. The highest BCUT2D eigenvalue weighted by Gasteiger charge is 2.04. The average molecular weight is 218 g/mol. The maximum atomic E-state index is 11.1.